The summed E-state index contributed by atoms with van der Waals surface area (Å²) >= 11 is 0. The quantitative estimate of drug-likeness (QED) is 0.224. The van der Waals surface area contributed by atoms with Crippen LogP contribution in [-0.4, -0.2) is 0 Å². The minimum Gasteiger partial charge on any atom is -0.0845 e. The summed E-state index contributed by atoms with van der Waals surface area (Å²) in [6.07, 6.45) is 9.73. The molecular formula is C64H120. The van der Waals surface area contributed by atoms with E-state index in [0.29, 0.717) is 27.1 Å². The van der Waals surface area contributed by atoms with Gasteiger partial charge in [0.2, 0.25) is 0 Å². The number of hydrogen-bond donors (Lipinski definition) is 0. The van der Waals surface area contributed by atoms with E-state index < -0.39 is 0 Å². The van der Waals surface area contributed by atoms with Crippen molar-refractivity contribution in [2.75, 3.05) is 0 Å². The fourth-order valence-electron chi connectivity index (χ4n) is 19.8. The van der Waals surface area contributed by atoms with Gasteiger partial charge in [-0.1, -0.05) is 213 Å². The molecule has 14 unspecified atom stereocenters. The maximum absolute atomic E-state index is 2.62. The molecule has 0 nitrogen and oxygen atoms in total. The van der Waals surface area contributed by atoms with Crippen LogP contribution in [-0.2, 0) is 0 Å². The molecule has 0 spiro atoms. The Labute approximate surface area is 405 Å². The van der Waals surface area contributed by atoms with Crippen LogP contribution in [0.15, 0.2) is 12.2 Å². The van der Waals surface area contributed by atoms with Gasteiger partial charge in [0.15, 0.2) is 0 Å². The molecule has 6 fully saturated rings. The summed E-state index contributed by atoms with van der Waals surface area (Å²) in [5.41, 5.74) is 2.08. The van der Waals surface area contributed by atoms with Crippen molar-refractivity contribution in [3.63, 3.8) is 0 Å². The van der Waals surface area contributed by atoms with Gasteiger partial charge in [-0.15, -0.1) is 0 Å². The predicted octanol–water partition coefficient (Wildman–Crippen LogP) is 19.7. The van der Waals surface area contributed by atoms with Gasteiger partial charge in [-0.25, -0.2) is 0 Å². The van der Waals surface area contributed by atoms with E-state index in [-0.39, 0.29) is 0 Å². The molecule has 14 atom stereocenters. The van der Waals surface area contributed by atoms with Crippen LogP contribution in [0.1, 0.15) is 220 Å². The maximum atomic E-state index is 2.62. The largest absolute Gasteiger partial charge is 0.0845 e. The molecule has 0 aromatic heterocycles. The molecule has 64 heavy (non-hydrogen) atoms. The Morgan fingerprint density at radius 1 is 0.266 bits per heavy atom. The summed E-state index contributed by atoms with van der Waals surface area (Å²) in [5, 5.41) is 0. The molecule has 0 heterocycles. The molecule has 0 aromatic rings. The van der Waals surface area contributed by atoms with Gasteiger partial charge in [0.1, 0.15) is 0 Å². The summed E-state index contributed by atoms with van der Waals surface area (Å²) in [6.45, 7) is 72.1. The van der Waals surface area contributed by atoms with Crippen LogP contribution in [0.3, 0.4) is 0 Å². The first kappa shape index (κ1) is 56.3. The fourth-order valence-corrected chi connectivity index (χ4v) is 19.8. The molecule has 6 saturated carbocycles. The topological polar surface area (TPSA) is 0 Å². The summed E-state index contributed by atoms with van der Waals surface area (Å²) in [6, 6.07) is 0. The Morgan fingerprint density at radius 2 is 0.516 bits per heavy atom. The van der Waals surface area contributed by atoms with E-state index in [1.807, 2.05) is 0 Å². The highest BCUT2D eigenvalue weighted by Crippen LogP contribution is 2.69. The monoisotopic (exact) mass is 889 g/mol. The van der Waals surface area contributed by atoms with Crippen molar-refractivity contribution in [1.82, 2.24) is 0 Å². The molecule has 0 aliphatic heterocycles. The van der Waals surface area contributed by atoms with Crippen molar-refractivity contribution >= 4 is 0 Å². The average molecular weight is 890 g/mol. The Balaban J connectivity index is 0.000000211. The second-order valence-electron chi connectivity index (χ2n) is 32.2. The number of allylic oxidation sites excluding steroid dienone is 2. The minimum atomic E-state index is 0.397. The molecule has 0 radical (unpaired) electrons. The molecule has 376 valence electrons. The van der Waals surface area contributed by atoms with E-state index in [1.165, 1.54) is 19.3 Å². The van der Waals surface area contributed by atoms with Crippen molar-refractivity contribution in [1.29, 1.82) is 0 Å². The van der Waals surface area contributed by atoms with E-state index in [1.54, 1.807) is 0 Å². The molecule has 0 heteroatoms. The van der Waals surface area contributed by atoms with Gasteiger partial charge in [-0.05, 0) is 194 Å². The van der Waals surface area contributed by atoms with Gasteiger partial charge in [0.25, 0.3) is 0 Å². The second-order valence-corrected chi connectivity index (χ2v) is 32.2. The molecule has 6 bridgehead atoms. The zero-order chi connectivity index (χ0) is 49.5. The van der Waals surface area contributed by atoms with Gasteiger partial charge < -0.3 is 0 Å². The lowest BCUT2D eigenvalue weighted by Gasteiger charge is -2.67. The zero-order valence-corrected chi connectivity index (χ0v) is 49.2. The van der Waals surface area contributed by atoms with Crippen LogP contribution in [0.5, 0.6) is 0 Å². The van der Waals surface area contributed by atoms with Crippen molar-refractivity contribution in [2.45, 2.75) is 220 Å². The number of fused-ring (bicyclic) bond motifs is 7. The van der Waals surface area contributed by atoms with Crippen molar-refractivity contribution in [3.05, 3.63) is 12.2 Å². The third kappa shape index (κ3) is 11.0. The number of hydrogen-bond acceptors (Lipinski definition) is 0. The molecule has 8 rings (SSSR count). The van der Waals surface area contributed by atoms with E-state index in [4.69, 9.17) is 0 Å². The molecule has 0 N–H and O–H groups in total. The maximum Gasteiger partial charge on any atom is -0.0161 e. The highest BCUT2D eigenvalue weighted by Gasteiger charge is 2.63. The van der Waals surface area contributed by atoms with Crippen LogP contribution in [0, 0.1) is 175 Å². The lowest BCUT2D eigenvalue weighted by molar-refractivity contribution is -0.185. The summed E-state index contributed by atoms with van der Waals surface area (Å²) in [5.74, 6) is 22.1. The Kier molecular flexibility index (Phi) is 17.5. The summed E-state index contributed by atoms with van der Waals surface area (Å²) < 4.78 is 0. The van der Waals surface area contributed by atoms with Crippen LogP contribution < -0.4 is 0 Å². The smallest absolute Gasteiger partial charge is 0.0161 e. The van der Waals surface area contributed by atoms with Crippen molar-refractivity contribution < 1.29 is 0 Å². The summed E-state index contributed by atoms with van der Waals surface area (Å²) in [7, 11) is 0. The first-order valence-electron chi connectivity index (χ1n) is 28.5. The molecule has 0 amide bonds. The van der Waals surface area contributed by atoms with E-state index in [9.17, 15) is 0 Å². The van der Waals surface area contributed by atoms with Crippen LogP contribution in [0.4, 0.5) is 0 Å². The van der Waals surface area contributed by atoms with Gasteiger partial charge in [0.05, 0.1) is 0 Å². The lowest BCUT2D eigenvalue weighted by atomic mass is 9.38. The first-order chi connectivity index (χ1) is 28.8. The molecule has 0 saturated heterocycles. The van der Waals surface area contributed by atoms with Gasteiger partial charge in [-0.2, -0.15) is 0 Å². The van der Waals surface area contributed by atoms with E-state index in [0.717, 1.165) is 148 Å². The van der Waals surface area contributed by atoms with Crippen LogP contribution >= 0.6 is 0 Å². The second kappa shape index (κ2) is 19.9. The van der Waals surface area contributed by atoms with E-state index in [2.05, 4.69) is 213 Å². The van der Waals surface area contributed by atoms with Crippen LogP contribution in [0.25, 0.3) is 0 Å². The van der Waals surface area contributed by atoms with Gasteiger partial charge in [0, 0.05) is 0 Å². The molecule has 0 aromatic carbocycles. The van der Waals surface area contributed by atoms with Crippen LogP contribution in [0.2, 0.25) is 0 Å². The predicted molar refractivity (Wildman–Crippen MR) is 287 cm³/mol. The Morgan fingerprint density at radius 3 is 0.781 bits per heavy atom. The highest BCUT2D eigenvalue weighted by atomic mass is 14.7. The minimum absolute atomic E-state index is 0.397. The molecular weight excluding hydrogens is 769 g/mol. The third-order valence-electron chi connectivity index (χ3n) is 20.4. The van der Waals surface area contributed by atoms with E-state index >= 15 is 0 Å². The zero-order valence-electron chi connectivity index (χ0n) is 49.2. The highest BCUT2D eigenvalue weighted by molar-refractivity contribution is 5.19. The first-order valence-corrected chi connectivity index (χ1v) is 28.5. The van der Waals surface area contributed by atoms with Crippen molar-refractivity contribution in [3.8, 4) is 0 Å². The average Bonchev–Trinajstić information content (AvgIpc) is 3.70. The summed E-state index contributed by atoms with van der Waals surface area (Å²) in [4.78, 5) is 0. The van der Waals surface area contributed by atoms with Crippen molar-refractivity contribution in [2.24, 2.45) is 175 Å². The fraction of sp³-hybridized carbons (Fsp3) is 0.969. The number of rotatable bonds is 7. The Hall–Kier alpha value is -0.260. The normalized spacial score (nSPS) is 40.1. The Bertz CT molecular complexity index is 1380. The molecule has 8 aliphatic rings. The van der Waals surface area contributed by atoms with Gasteiger partial charge in [-0.3, -0.25) is 0 Å². The van der Waals surface area contributed by atoms with Gasteiger partial charge >= 0.3 is 0 Å². The lowest BCUT2D eigenvalue weighted by Crippen LogP contribution is -2.61. The standard InChI is InChI=1S/C23H44.C22H40.C19H36/c1-14(2)17-15-12-13-16(18(17)21(3,4)5)20(23(9,10)11)19(15)22(6,7)8;1-13(2)17-15-11-12-16(19(17)21(5,6)7)20(22(8,9)10)18(15)14(3)4;1-10(2)16-14-9-15(17(16)11(3)4)19(13(7)8)18(14)12(5)6/h14-20H,12-13H2,1-11H3;11-20H,1-10H3;10-19H,9H2,1-8H3. The molecule has 8 aliphatic carbocycles. The third-order valence-corrected chi connectivity index (χ3v) is 20.4. The SMILES string of the molecule is CC(C)C1C2C=CC(C1C(C)(C)C)C(C(C)(C)C)C2C(C)C.CC(C)C1C2CC(C1C(C)C)C(C(C)C)C2C(C)C.CC(C)C1C2CCC(C1C(C)(C)C)C(C(C)(C)C)C2C(C)(C)C.